The van der Waals surface area contributed by atoms with Crippen LogP contribution in [-0.2, 0) is 0 Å². The highest BCUT2D eigenvalue weighted by Gasteiger charge is 1.87. The van der Waals surface area contributed by atoms with E-state index in [4.69, 9.17) is 5.73 Å². The summed E-state index contributed by atoms with van der Waals surface area (Å²) in [7, 11) is 1.88. The summed E-state index contributed by atoms with van der Waals surface area (Å²) in [6, 6.07) is 0. The smallest absolute Gasteiger partial charge is 0.0444 e. The Morgan fingerprint density at radius 1 is 1.60 bits per heavy atom. The van der Waals surface area contributed by atoms with E-state index in [1.807, 2.05) is 26.2 Å². The molecule has 0 aliphatic rings. The van der Waals surface area contributed by atoms with E-state index in [1.165, 1.54) is 0 Å². The first-order chi connectivity index (χ1) is 4.85. The summed E-state index contributed by atoms with van der Waals surface area (Å²) >= 11 is 0. The number of nitrogens with two attached hydrogens (primary N) is 1. The fourth-order valence-corrected chi connectivity index (χ4v) is 0.539. The van der Waals surface area contributed by atoms with Crippen LogP contribution in [0.5, 0.6) is 0 Å². The highest BCUT2D eigenvalue weighted by atomic mass is 14.9. The Bertz CT molecular complexity index is 127. The van der Waals surface area contributed by atoms with Gasteiger partial charge in [-0.25, -0.2) is 0 Å². The van der Waals surface area contributed by atoms with E-state index in [2.05, 4.69) is 10.6 Å². The quantitative estimate of drug-likeness (QED) is 0.521. The molecule has 10 heavy (non-hydrogen) atoms. The summed E-state index contributed by atoms with van der Waals surface area (Å²) in [4.78, 5) is 0. The number of likely N-dealkylation sites (N-methyl/N-ethyl adjacent to an activating group) is 1. The Morgan fingerprint density at radius 2 is 2.30 bits per heavy atom. The van der Waals surface area contributed by atoms with Gasteiger partial charge in [0.05, 0.1) is 0 Å². The predicted molar refractivity (Wildman–Crippen MR) is 44.1 cm³/mol. The van der Waals surface area contributed by atoms with Crippen molar-refractivity contribution in [2.45, 2.75) is 6.92 Å². The molecule has 0 fully saturated rings. The summed E-state index contributed by atoms with van der Waals surface area (Å²) in [6.45, 7) is 2.71. The molecule has 0 heterocycles. The molecule has 3 heteroatoms. The van der Waals surface area contributed by atoms with Crippen LogP contribution in [0.2, 0.25) is 0 Å². The maximum absolute atomic E-state index is 5.30. The van der Waals surface area contributed by atoms with E-state index < -0.39 is 0 Å². The third kappa shape index (κ3) is 3.97. The zero-order valence-corrected chi connectivity index (χ0v) is 6.52. The Morgan fingerprint density at radius 3 is 2.70 bits per heavy atom. The highest BCUT2D eigenvalue weighted by Crippen LogP contribution is 1.81. The third-order valence-corrected chi connectivity index (χ3v) is 1.00. The number of nitrogens with one attached hydrogen (secondary N) is 2. The second kappa shape index (κ2) is 6.16. The molecule has 3 nitrogen and oxygen atoms in total. The minimum absolute atomic E-state index is 0.765. The number of hydrogen-bond acceptors (Lipinski definition) is 3. The van der Waals surface area contributed by atoms with Crippen LogP contribution in [0.3, 0.4) is 0 Å². The predicted octanol–water partition coefficient (Wildman–Crippen LogP) is 0.129. The van der Waals surface area contributed by atoms with Crippen LogP contribution >= 0.6 is 0 Å². The minimum Gasteiger partial charge on any atom is -0.403 e. The molecule has 0 atom stereocenters. The summed E-state index contributed by atoms with van der Waals surface area (Å²) in [6.07, 6.45) is 5.31. The van der Waals surface area contributed by atoms with Crippen molar-refractivity contribution in [2.24, 2.45) is 5.73 Å². The van der Waals surface area contributed by atoms with Crippen molar-refractivity contribution in [2.75, 3.05) is 13.6 Å². The van der Waals surface area contributed by atoms with Gasteiger partial charge in [-0.15, -0.1) is 0 Å². The Balaban J connectivity index is 3.62. The molecule has 4 N–H and O–H groups in total. The SMILES string of the molecule is C/C=C\N/C(=C\N)CNC. The molecule has 0 aromatic heterocycles. The molecule has 0 radical (unpaired) electrons. The second-order valence-corrected chi connectivity index (χ2v) is 1.87. The second-order valence-electron chi connectivity index (χ2n) is 1.87. The van der Waals surface area contributed by atoms with Crippen LogP contribution < -0.4 is 16.4 Å². The molecule has 0 spiro atoms. The van der Waals surface area contributed by atoms with Crippen LogP contribution in [0.4, 0.5) is 0 Å². The summed E-state index contributed by atoms with van der Waals surface area (Å²) in [5, 5.41) is 6.00. The average Bonchev–Trinajstić information content (AvgIpc) is 1.98. The Labute approximate surface area is 62.0 Å². The van der Waals surface area contributed by atoms with Gasteiger partial charge in [-0.1, -0.05) is 6.08 Å². The molecule has 0 rings (SSSR count). The number of allylic oxidation sites excluding steroid dienone is 1. The summed E-state index contributed by atoms with van der Waals surface area (Å²) in [5.74, 6) is 0. The summed E-state index contributed by atoms with van der Waals surface area (Å²) < 4.78 is 0. The molecule has 0 aromatic carbocycles. The van der Waals surface area contributed by atoms with Crippen molar-refractivity contribution in [3.05, 3.63) is 24.2 Å². The topological polar surface area (TPSA) is 50.1 Å². The maximum atomic E-state index is 5.30. The van der Waals surface area contributed by atoms with Gasteiger partial charge >= 0.3 is 0 Å². The molecule has 0 amide bonds. The first-order valence-electron chi connectivity index (χ1n) is 3.28. The van der Waals surface area contributed by atoms with Gasteiger partial charge in [-0.3, -0.25) is 0 Å². The van der Waals surface area contributed by atoms with Gasteiger partial charge in [-0.05, 0) is 20.2 Å². The molecule has 0 saturated carbocycles. The lowest BCUT2D eigenvalue weighted by molar-refractivity contribution is 0.824. The van der Waals surface area contributed by atoms with Gasteiger partial charge in [0.2, 0.25) is 0 Å². The van der Waals surface area contributed by atoms with Crippen LogP contribution in [-0.4, -0.2) is 13.6 Å². The zero-order valence-electron chi connectivity index (χ0n) is 6.52. The number of hydrogen-bond donors (Lipinski definition) is 3. The van der Waals surface area contributed by atoms with Crippen LogP contribution in [0.1, 0.15) is 6.92 Å². The normalized spacial score (nSPS) is 12.4. The lowest BCUT2D eigenvalue weighted by Gasteiger charge is -2.03. The van der Waals surface area contributed by atoms with E-state index in [-0.39, 0.29) is 0 Å². The van der Waals surface area contributed by atoms with Gasteiger partial charge in [0.15, 0.2) is 0 Å². The first-order valence-corrected chi connectivity index (χ1v) is 3.28. The van der Waals surface area contributed by atoms with Gasteiger partial charge in [0.1, 0.15) is 0 Å². The van der Waals surface area contributed by atoms with Crippen LogP contribution in [0.25, 0.3) is 0 Å². The van der Waals surface area contributed by atoms with Crippen molar-refractivity contribution in [3.63, 3.8) is 0 Å². The molecule has 58 valence electrons. The molecule has 0 aromatic rings. The number of rotatable bonds is 4. The molecule has 0 aliphatic carbocycles. The van der Waals surface area contributed by atoms with Gasteiger partial charge in [0.25, 0.3) is 0 Å². The monoisotopic (exact) mass is 141 g/mol. The minimum atomic E-state index is 0.765. The van der Waals surface area contributed by atoms with E-state index in [9.17, 15) is 0 Å². The van der Waals surface area contributed by atoms with Gasteiger partial charge in [-0.2, -0.15) is 0 Å². The van der Waals surface area contributed by atoms with Crippen molar-refractivity contribution in [1.82, 2.24) is 10.6 Å². The zero-order chi connectivity index (χ0) is 7.82. The fraction of sp³-hybridized carbons (Fsp3) is 0.429. The molecule has 0 saturated heterocycles. The summed E-state index contributed by atoms with van der Waals surface area (Å²) in [5.41, 5.74) is 6.27. The molecule has 0 bridgehead atoms. The molecule has 0 unspecified atom stereocenters. The van der Waals surface area contributed by atoms with Gasteiger partial charge < -0.3 is 16.4 Å². The lowest BCUT2D eigenvalue weighted by Crippen LogP contribution is -2.19. The van der Waals surface area contributed by atoms with E-state index >= 15 is 0 Å². The standard InChI is InChI=1S/C7H15N3/c1-3-4-10-7(5-8)6-9-2/h3-5,9-10H,6,8H2,1-2H3/b4-3-,7-5-. The van der Waals surface area contributed by atoms with Gasteiger partial charge in [0, 0.05) is 18.4 Å². The molecule has 0 aliphatic heterocycles. The average molecular weight is 141 g/mol. The fourth-order valence-electron chi connectivity index (χ4n) is 0.539. The molecular weight excluding hydrogens is 126 g/mol. The van der Waals surface area contributed by atoms with Crippen LogP contribution in [0.15, 0.2) is 24.2 Å². The Hall–Kier alpha value is -0.960. The highest BCUT2D eigenvalue weighted by molar-refractivity contribution is 5.02. The first kappa shape index (κ1) is 9.04. The third-order valence-electron chi connectivity index (χ3n) is 1.00. The largest absolute Gasteiger partial charge is 0.403 e. The van der Waals surface area contributed by atoms with Crippen molar-refractivity contribution in [3.8, 4) is 0 Å². The van der Waals surface area contributed by atoms with E-state index in [1.54, 1.807) is 6.20 Å². The van der Waals surface area contributed by atoms with Crippen LogP contribution in [0, 0.1) is 0 Å². The lowest BCUT2D eigenvalue weighted by atomic mass is 10.4. The van der Waals surface area contributed by atoms with Crippen molar-refractivity contribution >= 4 is 0 Å². The van der Waals surface area contributed by atoms with Crippen molar-refractivity contribution in [1.29, 1.82) is 0 Å². The van der Waals surface area contributed by atoms with Crippen molar-refractivity contribution < 1.29 is 0 Å². The maximum Gasteiger partial charge on any atom is 0.0444 e. The van der Waals surface area contributed by atoms with E-state index in [0.29, 0.717) is 0 Å². The van der Waals surface area contributed by atoms with E-state index in [0.717, 1.165) is 12.2 Å². The Kier molecular flexibility index (Phi) is 5.57. The molecular formula is C7H15N3.